The Morgan fingerprint density at radius 1 is 1.00 bits per heavy atom. The molecule has 0 aliphatic heterocycles. The van der Waals surface area contributed by atoms with Crippen LogP contribution in [-0.2, 0) is 24.3 Å². The van der Waals surface area contributed by atoms with Gasteiger partial charge >= 0.3 is 5.97 Å². The maximum Gasteiger partial charge on any atom is 0.324 e. The average molecular weight is 418 g/mol. The molecule has 2 N–H and O–H groups in total. The lowest BCUT2D eigenvalue weighted by Gasteiger charge is -2.13. The van der Waals surface area contributed by atoms with Crippen LogP contribution >= 0.6 is 0 Å². The van der Waals surface area contributed by atoms with E-state index in [0.717, 1.165) is 0 Å². The van der Waals surface area contributed by atoms with Crippen LogP contribution in [0, 0.1) is 0 Å². The molecule has 0 fully saturated rings. The van der Waals surface area contributed by atoms with Crippen molar-refractivity contribution in [2.75, 3.05) is 11.9 Å². The summed E-state index contributed by atoms with van der Waals surface area (Å²) in [6.07, 6.45) is 0.336. The number of anilines is 1. The van der Waals surface area contributed by atoms with Crippen LogP contribution < -0.4 is 10.0 Å². The third kappa shape index (κ3) is 6.51. The summed E-state index contributed by atoms with van der Waals surface area (Å²) in [6.45, 7) is 2.53. The summed E-state index contributed by atoms with van der Waals surface area (Å²) in [5.74, 6) is -1.47. The number of ether oxygens (including phenoxy) is 1. The van der Waals surface area contributed by atoms with Gasteiger partial charge in [-0.25, -0.2) is 8.42 Å². The third-order valence-electron chi connectivity index (χ3n) is 3.90. The first kappa shape index (κ1) is 22.3. The molecule has 154 valence electrons. The van der Waals surface area contributed by atoms with Gasteiger partial charge in [0.25, 0.3) is 0 Å². The Morgan fingerprint density at radius 3 is 2.21 bits per heavy atom. The second-order valence-corrected chi connectivity index (χ2v) is 7.88. The van der Waals surface area contributed by atoms with E-state index in [1.165, 1.54) is 31.2 Å². The van der Waals surface area contributed by atoms with E-state index in [2.05, 4.69) is 10.0 Å². The van der Waals surface area contributed by atoms with E-state index in [9.17, 15) is 22.8 Å². The fourth-order valence-electron chi connectivity index (χ4n) is 2.28. The number of benzene rings is 2. The summed E-state index contributed by atoms with van der Waals surface area (Å²) >= 11 is 0. The van der Waals surface area contributed by atoms with Crippen LogP contribution in [0.15, 0.2) is 59.5 Å². The number of hydrogen-bond donors (Lipinski definition) is 2. The Hall–Kier alpha value is -3.04. The van der Waals surface area contributed by atoms with Crippen LogP contribution in [0.5, 0.6) is 0 Å². The van der Waals surface area contributed by atoms with E-state index >= 15 is 0 Å². The molecule has 9 heteroatoms. The molecule has 2 aromatic carbocycles. The zero-order valence-electron chi connectivity index (χ0n) is 16.0. The number of amides is 1. The van der Waals surface area contributed by atoms with E-state index in [1.807, 2.05) is 0 Å². The molecule has 0 heterocycles. The molecule has 1 unspecified atom stereocenters. The van der Waals surface area contributed by atoms with Crippen molar-refractivity contribution < 1.29 is 27.5 Å². The molecule has 0 spiro atoms. The zero-order chi connectivity index (χ0) is 21.4. The van der Waals surface area contributed by atoms with Gasteiger partial charge < -0.3 is 10.1 Å². The standard InChI is InChI=1S/C20H22N2O6S/c1-3-19(24)21-16-11-9-15(10-12-16)18(23)13-28-20(25)14(2)22-29(26,27)17-7-5-4-6-8-17/h4-12,14,22H,3,13H2,1-2H3,(H,21,24). The number of hydrogen-bond acceptors (Lipinski definition) is 6. The Balaban J connectivity index is 1.89. The van der Waals surface area contributed by atoms with E-state index in [-0.39, 0.29) is 10.8 Å². The number of rotatable bonds is 9. The van der Waals surface area contributed by atoms with E-state index in [4.69, 9.17) is 4.74 Å². The molecular weight excluding hydrogens is 396 g/mol. The molecule has 0 saturated heterocycles. The summed E-state index contributed by atoms with van der Waals surface area (Å²) in [5.41, 5.74) is 0.846. The molecule has 29 heavy (non-hydrogen) atoms. The normalized spacial score (nSPS) is 12.1. The van der Waals surface area contributed by atoms with E-state index < -0.39 is 34.4 Å². The highest BCUT2D eigenvalue weighted by molar-refractivity contribution is 7.89. The number of carbonyl (C=O) groups is 3. The summed E-state index contributed by atoms with van der Waals surface area (Å²) in [6, 6.07) is 12.6. The number of ketones is 1. The SMILES string of the molecule is CCC(=O)Nc1ccc(C(=O)COC(=O)C(C)NS(=O)(=O)c2ccccc2)cc1. The number of sulfonamides is 1. The minimum Gasteiger partial charge on any atom is -0.456 e. The first-order chi connectivity index (χ1) is 13.7. The average Bonchev–Trinajstić information content (AvgIpc) is 2.72. The monoisotopic (exact) mass is 418 g/mol. The molecule has 0 radical (unpaired) electrons. The quantitative estimate of drug-likeness (QED) is 0.476. The second kappa shape index (κ2) is 9.94. The Bertz CT molecular complexity index is 972. The van der Waals surface area contributed by atoms with Crippen molar-refractivity contribution in [2.45, 2.75) is 31.2 Å². The van der Waals surface area contributed by atoms with Crippen LogP contribution in [0.3, 0.4) is 0 Å². The molecule has 2 rings (SSSR count). The van der Waals surface area contributed by atoms with Crippen molar-refractivity contribution in [3.8, 4) is 0 Å². The van der Waals surface area contributed by atoms with Crippen molar-refractivity contribution >= 4 is 33.4 Å². The van der Waals surface area contributed by atoms with E-state index in [1.54, 1.807) is 37.3 Å². The van der Waals surface area contributed by atoms with E-state index in [0.29, 0.717) is 17.7 Å². The third-order valence-corrected chi connectivity index (χ3v) is 5.45. The molecule has 0 aliphatic carbocycles. The topological polar surface area (TPSA) is 119 Å². The lowest BCUT2D eigenvalue weighted by molar-refractivity contribution is -0.144. The number of esters is 1. The summed E-state index contributed by atoms with van der Waals surface area (Å²) < 4.78 is 31.6. The number of nitrogens with one attached hydrogen (secondary N) is 2. The summed E-state index contributed by atoms with van der Waals surface area (Å²) in [4.78, 5) is 35.6. The van der Waals surface area contributed by atoms with Crippen molar-refractivity contribution in [1.29, 1.82) is 0 Å². The molecule has 0 bridgehead atoms. The molecule has 0 aromatic heterocycles. The Morgan fingerprint density at radius 2 is 1.62 bits per heavy atom. The van der Waals surface area contributed by atoms with Gasteiger partial charge in [-0.1, -0.05) is 25.1 Å². The van der Waals surface area contributed by atoms with Crippen molar-refractivity contribution in [2.24, 2.45) is 0 Å². The van der Waals surface area contributed by atoms with Gasteiger partial charge in [0.05, 0.1) is 4.90 Å². The van der Waals surface area contributed by atoms with Gasteiger partial charge in [0.15, 0.2) is 12.4 Å². The molecule has 0 aliphatic rings. The lowest BCUT2D eigenvalue weighted by atomic mass is 10.1. The maximum atomic E-state index is 12.2. The predicted molar refractivity (Wildman–Crippen MR) is 107 cm³/mol. The van der Waals surface area contributed by atoms with Gasteiger partial charge in [-0.05, 0) is 43.3 Å². The predicted octanol–water partition coefficient (Wildman–Crippen LogP) is 2.13. The van der Waals surface area contributed by atoms with Gasteiger partial charge in [0.1, 0.15) is 6.04 Å². The minimum absolute atomic E-state index is 0.0194. The zero-order valence-corrected chi connectivity index (χ0v) is 16.9. The lowest BCUT2D eigenvalue weighted by Crippen LogP contribution is -2.40. The molecule has 8 nitrogen and oxygen atoms in total. The number of carbonyl (C=O) groups excluding carboxylic acids is 3. The van der Waals surface area contributed by atoms with Crippen molar-refractivity contribution in [3.05, 3.63) is 60.2 Å². The smallest absolute Gasteiger partial charge is 0.324 e. The maximum absolute atomic E-state index is 12.2. The van der Waals surface area contributed by atoms with Gasteiger partial charge in [-0.2, -0.15) is 4.72 Å². The largest absolute Gasteiger partial charge is 0.456 e. The molecule has 0 saturated carbocycles. The van der Waals surface area contributed by atoms with Crippen molar-refractivity contribution in [3.63, 3.8) is 0 Å². The molecule has 1 amide bonds. The van der Waals surface area contributed by atoms with Crippen LogP contribution in [0.1, 0.15) is 30.6 Å². The molecular formula is C20H22N2O6S. The molecule has 2 aromatic rings. The van der Waals surface area contributed by atoms with Crippen LogP contribution in [-0.4, -0.2) is 38.7 Å². The Labute approximate surface area is 169 Å². The number of Topliss-reactive ketones (excluding diaryl/α,β-unsaturated/α-hetero) is 1. The molecule has 1 atom stereocenters. The van der Waals surface area contributed by atoms with Gasteiger partial charge in [-0.3, -0.25) is 14.4 Å². The minimum atomic E-state index is -3.88. The van der Waals surface area contributed by atoms with Gasteiger partial charge in [0, 0.05) is 17.7 Å². The van der Waals surface area contributed by atoms with Crippen LogP contribution in [0.25, 0.3) is 0 Å². The summed E-state index contributed by atoms with van der Waals surface area (Å²) in [5, 5.41) is 2.66. The van der Waals surface area contributed by atoms with Crippen LogP contribution in [0.2, 0.25) is 0 Å². The highest BCUT2D eigenvalue weighted by atomic mass is 32.2. The van der Waals surface area contributed by atoms with Crippen LogP contribution in [0.4, 0.5) is 5.69 Å². The summed E-state index contributed by atoms with van der Waals surface area (Å²) in [7, 11) is -3.88. The van der Waals surface area contributed by atoms with Gasteiger partial charge in [-0.15, -0.1) is 0 Å². The van der Waals surface area contributed by atoms with Crippen molar-refractivity contribution in [1.82, 2.24) is 4.72 Å². The fourth-order valence-corrected chi connectivity index (χ4v) is 3.50. The first-order valence-corrected chi connectivity index (χ1v) is 10.4. The highest BCUT2D eigenvalue weighted by Gasteiger charge is 2.23. The van der Waals surface area contributed by atoms with Gasteiger partial charge in [0.2, 0.25) is 15.9 Å². The first-order valence-electron chi connectivity index (χ1n) is 8.90. The highest BCUT2D eigenvalue weighted by Crippen LogP contribution is 2.11. The second-order valence-electron chi connectivity index (χ2n) is 6.17. The fraction of sp³-hybridized carbons (Fsp3) is 0.250. The Kier molecular flexibility index (Phi) is 7.63.